The van der Waals surface area contributed by atoms with Gasteiger partial charge in [-0.15, -0.1) is 11.8 Å². The van der Waals surface area contributed by atoms with Crippen LogP contribution >= 0.6 is 11.8 Å². The molecule has 0 saturated carbocycles. The highest BCUT2D eigenvalue weighted by molar-refractivity contribution is 8.00. The molecule has 4 rings (SSSR count). The molecule has 1 atom stereocenters. The minimum absolute atomic E-state index is 0.272. The van der Waals surface area contributed by atoms with E-state index in [1.54, 1.807) is 42.4 Å². The van der Waals surface area contributed by atoms with Crippen LogP contribution in [0.2, 0.25) is 0 Å². The third-order valence-corrected chi connectivity index (χ3v) is 8.19. The molecule has 0 aliphatic heterocycles. The van der Waals surface area contributed by atoms with Gasteiger partial charge in [0.25, 0.3) is 0 Å². The maximum atomic E-state index is 12.9. The fourth-order valence-electron chi connectivity index (χ4n) is 4.45. The lowest BCUT2D eigenvalue weighted by Gasteiger charge is -2.36. The number of anilines is 1. The van der Waals surface area contributed by atoms with E-state index in [0.717, 1.165) is 22.5 Å². The van der Waals surface area contributed by atoms with E-state index >= 15 is 0 Å². The van der Waals surface area contributed by atoms with Crippen LogP contribution < -0.4 is 10.2 Å². The maximum Gasteiger partial charge on any atom is 0.329 e. The second-order valence-corrected chi connectivity index (χ2v) is 10.8. The average Bonchev–Trinajstić information content (AvgIpc) is 3.04. The summed E-state index contributed by atoms with van der Waals surface area (Å²) in [4.78, 5) is 36.2. The molecule has 0 saturated heterocycles. The largest absolute Gasteiger partial charge is 0.467 e. The first-order valence-electron chi connectivity index (χ1n) is 13.5. The lowest BCUT2D eigenvalue weighted by molar-refractivity contribution is -0.143. The summed E-state index contributed by atoms with van der Waals surface area (Å²) >= 11 is 1.58. The molecular formula is C34H34N4O3S. The zero-order chi connectivity index (χ0) is 29.8. The van der Waals surface area contributed by atoms with Gasteiger partial charge in [0.05, 0.1) is 29.9 Å². The molecule has 0 radical (unpaired) electrons. The number of allylic oxidation sites excluding steroid dienone is 2. The minimum Gasteiger partial charge on any atom is -0.467 e. The van der Waals surface area contributed by atoms with Crippen molar-refractivity contribution in [3.63, 3.8) is 0 Å². The number of nitrogens with one attached hydrogen (secondary N) is 1. The Morgan fingerprint density at radius 1 is 0.857 bits per heavy atom. The summed E-state index contributed by atoms with van der Waals surface area (Å²) in [5.41, 5.74) is 3.85. The number of carbonyl (C=O) groups excluding carboxylic acids is 2. The number of ether oxygens (including phenoxy) is 1. The van der Waals surface area contributed by atoms with Crippen LogP contribution in [0.5, 0.6) is 0 Å². The Morgan fingerprint density at radius 3 is 1.86 bits per heavy atom. The van der Waals surface area contributed by atoms with Gasteiger partial charge >= 0.3 is 5.97 Å². The number of rotatable bonds is 12. The fraction of sp³-hybridized carbons (Fsp3) is 0.176. The summed E-state index contributed by atoms with van der Waals surface area (Å²) in [5, 5.41) is 2.82. The Morgan fingerprint density at radius 2 is 1.40 bits per heavy atom. The van der Waals surface area contributed by atoms with Crippen LogP contribution in [0.3, 0.4) is 0 Å². The van der Waals surface area contributed by atoms with Gasteiger partial charge in [0, 0.05) is 25.9 Å². The Hall–Kier alpha value is -4.69. The van der Waals surface area contributed by atoms with Crippen molar-refractivity contribution in [2.24, 2.45) is 0 Å². The smallest absolute Gasteiger partial charge is 0.329 e. The van der Waals surface area contributed by atoms with Crippen molar-refractivity contribution in [3.8, 4) is 0 Å². The Labute approximate surface area is 251 Å². The van der Waals surface area contributed by atoms with E-state index in [4.69, 9.17) is 4.74 Å². The van der Waals surface area contributed by atoms with Gasteiger partial charge in [0.2, 0.25) is 5.91 Å². The monoisotopic (exact) mass is 578 g/mol. The molecule has 1 amide bonds. The zero-order valence-electron chi connectivity index (χ0n) is 23.9. The highest BCUT2D eigenvalue weighted by Crippen LogP contribution is 2.48. The van der Waals surface area contributed by atoms with Crippen molar-refractivity contribution in [1.29, 1.82) is 0 Å². The number of amides is 1. The zero-order valence-corrected chi connectivity index (χ0v) is 24.7. The summed E-state index contributed by atoms with van der Waals surface area (Å²) in [6, 6.07) is 29.7. The van der Waals surface area contributed by atoms with Gasteiger partial charge in [-0.05, 0) is 22.8 Å². The van der Waals surface area contributed by atoms with E-state index in [2.05, 4.69) is 51.7 Å². The van der Waals surface area contributed by atoms with E-state index in [0.29, 0.717) is 5.69 Å². The topological polar surface area (TPSA) is 84.4 Å². The first-order chi connectivity index (χ1) is 20.4. The molecule has 0 bridgehead atoms. The number of aromatic nitrogens is 2. The fourth-order valence-corrected chi connectivity index (χ4v) is 6.00. The predicted octanol–water partition coefficient (Wildman–Crippen LogP) is 5.50. The van der Waals surface area contributed by atoms with Gasteiger partial charge in [-0.3, -0.25) is 9.78 Å². The maximum absolute atomic E-state index is 12.9. The van der Waals surface area contributed by atoms with Crippen LogP contribution in [-0.4, -0.2) is 54.8 Å². The number of methoxy groups -OCH3 is 1. The standard InChI is InChI=1S/C34H34N4O3S/c1-38(2)31-24-35-29(23-36-31)21-13-14-22-32(39)37-30(33(40)41-3)25-42-34(26-15-7-4-8-16-26,27-17-9-5-10-18-27)28-19-11-6-12-20-28/h4-24,30H,25H2,1-3H3,(H,37,39)/b21-13+,22-14+/t30-/m1/s1. The molecule has 1 aromatic heterocycles. The van der Waals surface area contributed by atoms with Gasteiger partial charge in [-0.1, -0.05) is 103 Å². The quantitative estimate of drug-likeness (QED) is 0.103. The second kappa shape index (κ2) is 14.8. The minimum atomic E-state index is -0.874. The SMILES string of the molecule is COC(=O)[C@@H](CSC(c1ccccc1)(c1ccccc1)c1ccccc1)NC(=O)/C=C/C=C/c1cnc(N(C)C)cn1. The highest BCUT2D eigenvalue weighted by atomic mass is 32.2. The molecule has 42 heavy (non-hydrogen) atoms. The molecule has 1 N–H and O–H groups in total. The molecule has 1 heterocycles. The van der Waals surface area contributed by atoms with Gasteiger partial charge in [-0.25, -0.2) is 9.78 Å². The molecule has 3 aromatic carbocycles. The lowest BCUT2D eigenvalue weighted by atomic mass is 9.84. The first-order valence-corrected chi connectivity index (χ1v) is 14.5. The van der Waals surface area contributed by atoms with Crippen LogP contribution in [0.15, 0.2) is 122 Å². The molecule has 0 unspecified atom stereocenters. The van der Waals surface area contributed by atoms with Crippen LogP contribution in [0.4, 0.5) is 5.82 Å². The Balaban J connectivity index is 1.55. The molecule has 0 spiro atoms. The first kappa shape index (κ1) is 30.3. The number of nitrogens with zero attached hydrogens (tertiary/aromatic N) is 3. The third kappa shape index (κ3) is 7.53. The molecule has 0 fully saturated rings. The molecule has 214 valence electrons. The summed E-state index contributed by atoms with van der Waals surface area (Å²) in [5.74, 6) is 0.104. The average molecular weight is 579 g/mol. The van der Waals surface area contributed by atoms with E-state index in [1.807, 2.05) is 73.6 Å². The van der Waals surface area contributed by atoms with Crippen LogP contribution in [0.25, 0.3) is 6.08 Å². The summed E-state index contributed by atoms with van der Waals surface area (Å²) < 4.78 is 4.45. The highest BCUT2D eigenvalue weighted by Gasteiger charge is 2.38. The number of thioether (sulfide) groups is 1. The molecule has 4 aromatic rings. The normalized spacial score (nSPS) is 12.3. The molecule has 8 heteroatoms. The molecule has 0 aliphatic carbocycles. The second-order valence-electron chi connectivity index (χ2n) is 9.59. The van der Waals surface area contributed by atoms with Crippen LogP contribution in [0.1, 0.15) is 22.4 Å². The number of carbonyl (C=O) groups is 2. The Kier molecular flexibility index (Phi) is 10.7. The van der Waals surface area contributed by atoms with Crippen LogP contribution in [-0.2, 0) is 19.1 Å². The number of benzene rings is 3. The van der Waals surface area contributed by atoms with Crippen molar-refractivity contribution >= 4 is 35.5 Å². The molecule has 7 nitrogen and oxygen atoms in total. The molecule has 0 aliphatic rings. The van der Waals surface area contributed by atoms with Gasteiger partial charge in [-0.2, -0.15) is 0 Å². The van der Waals surface area contributed by atoms with Crippen molar-refractivity contribution < 1.29 is 14.3 Å². The van der Waals surface area contributed by atoms with E-state index in [9.17, 15) is 9.59 Å². The number of hydrogen-bond acceptors (Lipinski definition) is 7. The third-order valence-electron chi connectivity index (χ3n) is 6.55. The van der Waals surface area contributed by atoms with Gasteiger partial charge in [0.15, 0.2) is 0 Å². The Bertz CT molecular complexity index is 1400. The van der Waals surface area contributed by atoms with Crippen molar-refractivity contribution in [3.05, 3.63) is 144 Å². The van der Waals surface area contributed by atoms with E-state index in [1.165, 1.54) is 13.2 Å². The number of hydrogen-bond donors (Lipinski definition) is 1. The van der Waals surface area contributed by atoms with Crippen molar-refractivity contribution in [2.75, 3.05) is 31.9 Å². The summed E-state index contributed by atoms with van der Waals surface area (Å²) in [6.07, 6.45) is 9.75. The van der Waals surface area contributed by atoms with E-state index in [-0.39, 0.29) is 5.75 Å². The summed E-state index contributed by atoms with van der Waals surface area (Å²) in [6.45, 7) is 0. The van der Waals surface area contributed by atoms with Gasteiger partial charge in [0.1, 0.15) is 11.9 Å². The lowest BCUT2D eigenvalue weighted by Crippen LogP contribution is -2.43. The molecular weight excluding hydrogens is 544 g/mol. The van der Waals surface area contributed by atoms with Crippen molar-refractivity contribution in [2.45, 2.75) is 10.8 Å². The number of esters is 1. The van der Waals surface area contributed by atoms with Crippen molar-refractivity contribution in [1.82, 2.24) is 15.3 Å². The summed E-state index contributed by atoms with van der Waals surface area (Å²) in [7, 11) is 5.12. The van der Waals surface area contributed by atoms with Gasteiger partial charge < -0.3 is 15.0 Å². The van der Waals surface area contributed by atoms with Crippen LogP contribution in [0, 0.1) is 0 Å². The predicted molar refractivity (Wildman–Crippen MR) is 170 cm³/mol. The van der Waals surface area contributed by atoms with E-state index < -0.39 is 22.7 Å².